The predicted octanol–water partition coefficient (Wildman–Crippen LogP) is 2.46. The third-order valence-electron chi connectivity index (χ3n) is 8.02. The lowest BCUT2D eigenvalue weighted by atomic mass is 9.88. The van der Waals surface area contributed by atoms with E-state index in [-0.39, 0.29) is 11.9 Å². The zero-order valence-electron chi connectivity index (χ0n) is 19.7. The molecule has 2 N–H and O–H groups in total. The van der Waals surface area contributed by atoms with Gasteiger partial charge in [0.15, 0.2) is 11.5 Å². The second-order valence-electron chi connectivity index (χ2n) is 10.2. The number of aromatic amines is 2. The zero-order valence-corrected chi connectivity index (χ0v) is 19.7. The summed E-state index contributed by atoms with van der Waals surface area (Å²) in [4.78, 5) is 30.0. The standard InChI is InChI=1S/C24H31N7O2/c1-13-19(30(4)23(32)14(2)31-5-7-33-8-6-31)10-17-21(25-13)27-22(26-17)20-16-9-15-11-24(15,3)12-18(16)28-29-20/h10,14-15H,5-9,11-12H2,1-4H3,(H,28,29)(H,25,26,27)/t14-,15+,24+/m0/s1. The molecule has 3 aromatic heterocycles. The van der Waals surface area contributed by atoms with E-state index in [0.29, 0.717) is 18.6 Å². The van der Waals surface area contributed by atoms with Crippen molar-refractivity contribution in [3.63, 3.8) is 0 Å². The number of ether oxygens (including phenoxy) is 1. The first kappa shape index (κ1) is 20.8. The topological polar surface area (TPSA) is 103 Å². The van der Waals surface area contributed by atoms with Crippen LogP contribution in [0.15, 0.2) is 6.07 Å². The summed E-state index contributed by atoms with van der Waals surface area (Å²) in [5.74, 6) is 1.54. The lowest BCUT2D eigenvalue weighted by Gasteiger charge is -2.33. The maximum Gasteiger partial charge on any atom is 0.243 e. The summed E-state index contributed by atoms with van der Waals surface area (Å²) in [5.41, 5.74) is 6.93. The smallest absolute Gasteiger partial charge is 0.243 e. The van der Waals surface area contributed by atoms with Crippen LogP contribution in [-0.4, -0.2) is 75.3 Å². The predicted molar refractivity (Wildman–Crippen MR) is 125 cm³/mol. The summed E-state index contributed by atoms with van der Waals surface area (Å²) in [6, 6.07) is 1.74. The first-order valence-corrected chi connectivity index (χ1v) is 11.9. The first-order valence-electron chi connectivity index (χ1n) is 11.9. The number of carbonyl (C=O) groups excluding carboxylic acids is 1. The number of imidazole rings is 1. The Labute approximate surface area is 192 Å². The van der Waals surface area contributed by atoms with Crippen LogP contribution in [0, 0.1) is 18.3 Å². The monoisotopic (exact) mass is 449 g/mol. The van der Waals surface area contributed by atoms with Crippen LogP contribution >= 0.6 is 0 Å². The molecular weight excluding hydrogens is 418 g/mol. The fraction of sp³-hybridized carbons (Fsp3) is 0.583. The number of pyridine rings is 1. The number of carbonyl (C=O) groups is 1. The number of amides is 1. The van der Waals surface area contributed by atoms with E-state index in [1.165, 1.54) is 17.7 Å². The minimum atomic E-state index is -0.215. The highest BCUT2D eigenvalue weighted by Gasteiger charge is 2.53. The van der Waals surface area contributed by atoms with Gasteiger partial charge in [0, 0.05) is 31.4 Å². The molecule has 9 heteroatoms. The van der Waals surface area contributed by atoms with Crippen molar-refractivity contribution in [2.45, 2.75) is 46.1 Å². The van der Waals surface area contributed by atoms with Crippen LogP contribution in [-0.2, 0) is 22.4 Å². The number of hydrogen-bond donors (Lipinski definition) is 2. The minimum Gasteiger partial charge on any atom is -0.379 e. The molecule has 1 saturated heterocycles. The molecule has 1 aliphatic heterocycles. The maximum absolute atomic E-state index is 13.2. The number of rotatable bonds is 4. The van der Waals surface area contributed by atoms with Gasteiger partial charge < -0.3 is 14.6 Å². The molecule has 33 heavy (non-hydrogen) atoms. The normalized spacial score (nSPS) is 25.5. The van der Waals surface area contributed by atoms with Crippen LogP contribution in [0.3, 0.4) is 0 Å². The van der Waals surface area contributed by atoms with E-state index < -0.39 is 0 Å². The van der Waals surface area contributed by atoms with Crippen LogP contribution in [0.2, 0.25) is 0 Å². The molecule has 1 saturated carbocycles. The Morgan fingerprint density at radius 1 is 1.33 bits per heavy atom. The van der Waals surface area contributed by atoms with Crippen LogP contribution in [0.1, 0.15) is 37.2 Å². The zero-order chi connectivity index (χ0) is 22.9. The number of anilines is 1. The molecular formula is C24H31N7O2. The molecule has 3 aromatic rings. The second-order valence-corrected chi connectivity index (χ2v) is 10.2. The van der Waals surface area contributed by atoms with Crippen LogP contribution in [0.25, 0.3) is 22.7 Å². The molecule has 4 heterocycles. The molecule has 9 nitrogen and oxygen atoms in total. The summed E-state index contributed by atoms with van der Waals surface area (Å²) in [6.07, 6.45) is 3.42. The van der Waals surface area contributed by atoms with Gasteiger partial charge in [0.25, 0.3) is 0 Å². The molecule has 6 rings (SSSR count). The van der Waals surface area contributed by atoms with Crippen molar-refractivity contribution in [2.75, 3.05) is 38.3 Å². The molecule has 0 aromatic carbocycles. The van der Waals surface area contributed by atoms with Crippen molar-refractivity contribution in [1.82, 2.24) is 30.0 Å². The van der Waals surface area contributed by atoms with Crippen molar-refractivity contribution < 1.29 is 9.53 Å². The SMILES string of the molecule is Cc1nc2[nH]c(-c3n[nH]c4c3C[C@@H]3C[C@]3(C)C4)nc2cc1N(C)C(=O)[C@H](C)N1CCOCC1. The molecule has 1 amide bonds. The molecule has 0 bridgehead atoms. The van der Waals surface area contributed by atoms with Crippen LogP contribution < -0.4 is 4.90 Å². The molecule has 0 unspecified atom stereocenters. The number of likely N-dealkylation sites (N-methyl/N-ethyl adjacent to an activating group) is 1. The summed E-state index contributed by atoms with van der Waals surface area (Å²) in [6.45, 7) is 9.14. The van der Waals surface area contributed by atoms with Gasteiger partial charge in [-0.1, -0.05) is 6.92 Å². The number of aryl methyl sites for hydroxylation is 1. The third kappa shape index (κ3) is 3.36. The summed E-state index contributed by atoms with van der Waals surface area (Å²) in [7, 11) is 1.82. The Balaban J connectivity index is 1.29. The van der Waals surface area contributed by atoms with E-state index in [2.05, 4.69) is 27.0 Å². The van der Waals surface area contributed by atoms with Gasteiger partial charge in [-0.2, -0.15) is 5.10 Å². The fourth-order valence-electron chi connectivity index (χ4n) is 5.65. The van der Waals surface area contributed by atoms with Crippen LogP contribution in [0.4, 0.5) is 5.69 Å². The van der Waals surface area contributed by atoms with E-state index in [1.807, 2.05) is 27.0 Å². The number of morpholine rings is 1. The lowest BCUT2D eigenvalue weighted by Crippen LogP contribution is -2.50. The van der Waals surface area contributed by atoms with E-state index in [4.69, 9.17) is 14.7 Å². The quantitative estimate of drug-likeness (QED) is 0.634. The Hall–Kier alpha value is -2.78. The van der Waals surface area contributed by atoms with Crippen molar-refractivity contribution in [3.05, 3.63) is 23.0 Å². The van der Waals surface area contributed by atoms with Gasteiger partial charge in [0.2, 0.25) is 5.91 Å². The van der Waals surface area contributed by atoms with Crippen molar-refractivity contribution in [2.24, 2.45) is 11.3 Å². The lowest BCUT2D eigenvalue weighted by molar-refractivity contribution is -0.124. The minimum absolute atomic E-state index is 0.0470. The number of hydrogen-bond acceptors (Lipinski definition) is 6. The highest BCUT2D eigenvalue weighted by atomic mass is 16.5. The molecule has 3 aliphatic rings. The van der Waals surface area contributed by atoms with Gasteiger partial charge >= 0.3 is 0 Å². The number of H-pyrrole nitrogens is 2. The van der Waals surface area contributed by atoms with Crippen molar-refractivity contribution >= 4 is 22.8 Å². The molecule has 0 spiro atoms. The molecule has 174 valence electrons. The average molecular weight is 450 g/mol. The van der Waals surface area contributed by atoms with Gasteiger partial charge in [-0.05, 0) is 50.5 Å². The van der Waals surface area contributed by atoms with Gasteiger partial charge in [-0.3, -0.25) is 14.8 Å². The maximum atomic E-state index is 13.2. The van der Waals surface area contributed by atoms with Crippen molar-refractivity contribution in [1.29, 1.82) is 0 Å². The summed E-state index contributed by atoms with van der Waals surface area (Å²) in [5, 5.41) is 7.86. The Kier molecular flexibility index (Phi) is 4.64. The molecule has 2 aliphatic carbocycles. The Morgan fingerprint density at radius 3 is 2.91 bits per heavy atom. The highest BCUT2D eigenvalue weighted by Crippen LogP contribution is 2.59. The fourth-order valence-corrected chi connectivity index (χ4v) is 5.65. The second kappa shape index (κ2) is 7.36. The van der Waals surface area contributed by atoms with Crippen molar-refractivity contribution in [3.8, 4) is 11.5 Å². The number of aromatic nitrogens is 5. The molecule has 2 fully saturated rings. The first-order chi connectivity index (χ1) is 15.8. The van der Waals surface area contributed by atoms with Crippen LogP contribution in [0.5, 0.6) is 0 Å². The third-order valence-corrected chi connectivity index (χ3v) is 8.02. The number of nitrogens with zero attached hydrogens (tertiary/aromatic N) is 5. The van der Waals surface area contributed by atoms with Gasteiger partial charge in [-0.15, -0.1) is 0 Å². The Morgan fingerprint density at radius 2 is 2.12 bits per heavy atom. The van der Waals surface area contributed by atoms with Gasteiger partial charge in [-0.25, -0.2) is 9.97 Å². The van der Waals surface area contributed by atoms with E-state index in [1.54, 1.807) is 4.90 Å². The summed E-state index contributed by atoms with van der Waals surface area (Å²) < 4.78 is 5.43. The largest absolute Gasteiger partial charge is 0.379 e. The Bertz CT molecular complexity index is 1240. The van der Waals surface area contributed by atoms with Gasteiger partial charge in [0.05, 0.1) is 30.6 Å². The van der Waals surface area contributed by atoms with E-state index >= 15 is 0 Å². The number of fused-ring (bicyclic) bond motifs is 3. The summed E-state index contributed by atoms with van der Waals surface area (Å²) >= 11 is 0. The van der Waals surface area contributed by atoms with E-state index in [9.17, 15) is 4.79 Å². The number of nitrogens with one attached hydrogen (secondary N) is 2. The molecule has 3 atom stereocenters. The highest BCUT2D eigenvalue weighted by molar-refractivity contribution is 5.98. The average Bonchev–Trinajstić information content (AvgIpc) is 3.10. The van der Waals surface area contributed by atoms with E-state index in [0.717, 1.165) is 65.9 Å². The van der Waals surface area contributed by atoms with Gasteiger partial charge in [0.1, 0.15) is 11.2 Å². The molecule has 0 radical (unpaired) electrons.